The standard InChI is InChI=1S/C26H27N3O2/c1-19-10-12-21(13-11-19)27-26(31)23-18-22(28-25(30)20-8-4-2-5-9-20)14-15-24(23)29-16-6-3-7-17-29/h2,4-5,8-15,18H,3,6-7,16-17H2,1H3,(H,27,31)(H,28,30). The monoisotopic (exact) mass is 413 g/mol. The van der Waals surface area contributed by atoms with E-state index in [1.807, 2.05) is 61.5 Å². The molecule has 1 heterocycles. The molecule has 1 aliphatic rings. The predicted octanol–water partition coefficient (Wildman–Crippen LogP) is 5.49. The Labute approximate surface area is 183 Å². The Kier molecular flexibility index (Phi) is 6.32. The molecule has 0 radical (unpaired) electrons. The van der Waals surface area contributed by atoms with E-state index in [-0.39, 0.29) is 11.8 Å². The predicted molar refractivity (Wildman–Crippen MR) is 126 cm³/mol. The lowest BCUT2D eigenvalue weighted by atomic mass is 10.1. The number of anilines is 3. The molecular formula is C26H27N3O2. The molecule has 1 fully saturated rings. The first-order valence-corrected chi connectivity index (χ1v) is 10.7. The van der Waals surface area contributed by atoms with Crippen LogP contribution in [0.4, 0.5) is 17.1 Å². The average molecular weight is 414 g/mol. The van der Waals surface area contributed by atoms with Gasteiger partial charge in [-0.25, -0.2) is 0 Å². The van der Waals surface area contributed by atoms with Crippen LogP contribution in [0.3, 0.4) is 0 Å². The normalized spacial score (nSPS) is 13.5. The molecule has 3 aromatic rings. The van der Waals surface area contributed by atoms with Gasteiger partial charge in [0.05, 0.1) is 5.56 Å². The molecule has 158 valence electrons. The first-order valence-electron chi connectivity index (χ1n) is 10.7. The van der Waals surface area contributed by atoms with Crippen molar-refractivity contribution in [3.8, 4) is 0 Å². The summed E-state index contributed by atoms with van der Waals surface area (Å²) in [6.07, 6.45) is 3.45. The third-order valence-corrected chi connectivity index (χ3v) is 5.54. The molecule has 0 saturated carbocycles. The molecule has 0 bridgehead atoms. The van der Waals surface area contributed by atoms with Gasteiger partial charge in [-0.2, -0.15) is 0 Å². The topological polar surface area (TPSA) is 61.4 Å². The highest BCUT2D eigenvalue weighted by molar-refractivity contribution is 6.10. The minimum atomic E-state index is -0.198. The molecule has 1 aliphatic heterocycles. The third-order valence-electron chi connectivity index (χ3n) is 5.54. The maximum atomic E-state index is 13.2. The average Bonchev–Trinajstić information content (AvgIpc) is 2.81. The van der Waals surface area contributed by atoms with Crippen molar-refractivity contribution in [2.45, 2.75) is 26.2 Å². The highest BCUT2D eigenvalue weighted by atomic mass is 16.2. The number of rotatable bonds is 5. The van der Waals surface area contributed by atoms with Crippen molar-refractivity contribution in [1.82, 2.24) is 0 Å². The van der Waals surface area contributed by atoms with Gasteiger partial charge in [0.15, 0.2) is 0 Å². The van der Waals surface area contributed by atoms with E-state index in [2.05, 4.69) is 15.5 Å². The molecule has 31 heavy (non-hydrogen) atoms. The van der Waals surface area contributed by atoms with Crippen LogP contribution in [0.1, 0.15) is 45.5 Å². The summed E-state index contributed by atoms with van der Waals surface area (Å²) in [5.41, 5.74) is 4.53. The van der Waals surface area contributed by atoms with E-state index in [9.17, 15) is 9.59 Å². The molecule has 4 rings (SSSR count). The van der Waals surface area contributed by atoms with Crippen molar-refractivity contribution >= 4 is 28.9 Å². The molecule has 0 atom stereocenters. The quantitative estimate of drug-likeness (QED) is 0.581. The van der Waals surface area contributed by atoms with E-state index in [0.717, 1.165) is 42.9 Å². The first kappa shape index (κ1) is 20.7. The Balaban J connectivity index is 1.62. The van der Waals surface area contributed by atoms with Crippen LogP contribution in [0.25, 0.3) is 0 Å². The lowest BCUT2D eigenvalue weighted by molar-refractivity contribution is 0.101. The first-order chi connectivity index (χ1) is 15.1. The lowest BCUT2D eigenvalue weighted by Crippen LogP contribution is -2.31. The van der Waals surface area contributed by atoms with Crippen LogP contribution in [0.2, 0.25) is 0 Å². The summed E-state index contributed by atoms with van der Waals surface area (Å²) in [4.78, 5) is 28.1. The van der Waals surface area contributed by atoms with Crippen molar-refractivity contribution < 1.29 is 9.59 Å². The van der Waals surface area contributed by atoms with Gasteiger partial charge in [-0.3, -0.25) is 9.59 Å². The zero-order chi connectivity index (χ0) is 21.6. The zero-order valence-corrected chi connectivity index (χ0v) is 17.7. The molecule has 0 spiro atoms. The van der Waals surface area contributed by atoms with E-state index in [4.69, 9.17) is 0 Å². The maximum absolute atomic E-state index is 13.2. The van der Waals surface area contributed by atoms with Crippen molar-refractivity contribution in [2.24, 2.45) is 0 Å². The largest absolute Gasteiger partial charge is 0.371 e. The fourth-order valence-corrected chi connectivity index (χ4v) is 3.83. The fourth-order valence-electron chi connectivity index (χ4n) is 3.83. The summed E-state index contributed by atoms with van der Waals surface area (Å²) in [7, 11) is 0. The summed E-state index contributed by atoms with van der Waals surface area (Å²) < 4.78 is 0. The number of piperidine rings is 1. The van der Waals surface area contributed by atoms with Crippen LogP contribution in [-0.4, -0.2) is 24.9 Å². The number of nitrogens with one attached hydrogen (secondary N) is 2. The lowest BCUT2D eigenvalue weighted by Gasteiger charge is -2.30. The number of amides is 2. The summed E-state index contributed by atoms with van der Waals surface area (Å²) in [5.74, 6) is -0.378. The second kappa shape index (κ2) is 9.47. The van der Waals surface area contributed by atoms with Crippen LogP contribution in [0, 0.1) is 6.92 Å². The second-order valence-corrected chi connectivity index (χ2v) is 7.92. The van der Waals surface area contributed by atoms with Crippen LogP contribution < -0.4 is 15.5 Å². The smallest absolute Gasteiger partial charge is 0.257 e. The van der Waals surface area contributed by atoms with E-state index in [1.54, 1.807) is 18.2 Å². The molecule has 2 amide bonds. The van der Waals surface area contributed by atoms with Crippen LogP contribution in [-0.2, 0) is 0 Å². The number of nitrogens with zero attached hydrogens (tertiary/aromatic N) is 1. The fraction of sp³-hybridized carbons (Fsp3) is 0.231. The molecule has 0 unspecified atom stereocenters. The Morgan fingerprint density at radius 1 is 0.742 bits per heavy atom. The maximum Gasteiger partial charge on any atom is 0.257 e. The molecule has 2 N–H and O–H groups in total. The molecule has 5 heteroatoms. The Bertz CT molecular complexity index is 1060. The van der Waals surface area contributed by atoms with Gasteiger partial charge in [0.25, 0.3) is 11.8 Å². The zero-order valence-electron chi connectivity index (χ0n) is 17.7. The van der Waals surface area contributed by atoms with Gasteiger partial charge >= 0.3 is 0 Å². The van der Waals surface area contributed by atoms with Crippen molar-refractivity contribution in [2.75, 3.05) is 28.6 Å². The number of hydrogen-bond acceptors (Lipinski definition) is 3. The van der Waals surface area contributed by atoms with Crippen molar-refractivity contribution in [3.63, 3.8) is 0 Å². The summed E-state index contributed by atoms with van der Waals surface area (Å²) in [6.45, 7) is 3.88. The highest BCUT2D eigenvalue weighted by Gasteiger charge is 2.20. The Morgan fingerprint density at radius 2 is 1.39 bits per heavy atom. The summed E-state index contributed by atoms with van der Waals surface area (Å²) >= 11 is 0. The summed E-state index contributed by atoms with van der Waals surface area (Å²) in [5, 5.41) is 5.92. The van der Waals surface area contributed by atoms with Gasteiger partial charge in [0.2, 0.25) is 0 Å². The summed E-state index contributed by atoms with van der Waals surface area (Å²) in [6, 6.07) is 22.4. The third kappa shape index (κ3) is 5.12. The van der Waals surface area contributed by atoms with Gasteiger partial charge in [0, 0.05) is 35.7 Å². The number of carbonyl (C=O) groups is 2. The molecule has 3 aromatic carbocycles. The number of benzene rings is 3. The molecule has 1 saturated heterocycles. The van der Waals surface area contributed by atoms with Gasteiger partial charge in [0.1, 0.15) is 0 Å². The molecule has 5 nitrogen and oxygen atoms in total. The van der Waals surface area contributed by atoms with E-state index < -0.39 is 0 Å². The van der Waals surface area contributed by atoms with Gasteiger partial charge in [-0.1, -0.05) is 35.9 Å². The van der Waals surface area contributed by atoms with Crippen LogP contribution >= 0.6 is 0 Å². The SMILES string of the molecule is Cc1ccc(NC(=O)c2cc(NC(=O)c3ccccc3)ccc2N2CCCCC2)cc1. The number of hydrogen-bond donors (Lipinski definition) is 2. The molecular weight excluding hydrogens is 386 g/mol. The van der Waals surface area contributed by atoms with Gasteiger partial charge in [-0.15, -0.1) is 0 Å². The van der Waals surface area contributed by atoms with Gasteiger partial charge < -0.3 is 15.5 Å². The minimum absolute atomic E-state index is 0.180. The second-order valence-electron chi connectivity index (χ2n) is 7.92. The van der Waals surface area contributed by atoms with Crippen molar-refractivity contribution in [1.29, 1.82) is 0 Å². The number of aryl methyl sites for hydroxylation is 1. The number of carbonyl (C=O) groups excluding carboxylic acids is 2. The van der Waals surface area contributed by atoms with Crippen LogP contribution in [0.15, 0.2) is 72.8 Å². The van der Waals surface area contributed by atoms with Gasteiger partial charge in [-0.05, 0) is 68.7 Å². The Hall–Kier alpha value is -3.60. The van der Waals surface area contributed by atoms with E-state index >= 15 is 0 Å². The highest BCUT2D eigenvalue weighted by Crippen LogP contribution is 2.28. The molecule has 0 aliphatic carbocycles. The molecule has 0 aromatic heterocycles. The van der Waals surface area contributed by atoms with Crippen molar-refractivity contribution in [3.05, 3.63) is 89.5 Å². The van der Waals surface area contributed by atoms with Crippen LogP contribution in [0.5, 0.6) is 0 Å². The van der Waals surface area contributed by atoms with E-state index in [0.29, 0.717) is 16.8 Å². The Morgan fingerprint density at radius 3 is 2.10 bits per heavy atom. The minimum Gasteiger partial charge on any atom is -0.371 e. The van der Waals surface area contributed by atoms with E-state index in [1.165, 1.54) is 6.42 Å².